The number of hydrazine groups is 1. The summed E-state index contributed by atoms with van der Waals surface area (Å²) in [6, 6.07) is 34.6. The zero-order chi connectivity index (χ0) is 20.2. The average Bonchev–Trinajstić information content (AvgIpc) is 2.79. The Bertz CT molecular complexity index is 1120. The SMILES string of the molecule is N=C(N)N(N)c1ccc(-c2ccccc2)c(-c2ccccc2)c1-c1ccccc1. The number of guanidine groups is 1. The van der Waals surface area contributed by atoms with Gasteiger partial charge in [-0.1, -0.05) is 97.1 Å². The number of rotatable bonds is 4. The highest BCUT2D eigenvalue weighted by Gasteiger charge is 2.21. The summed E-state index contributed by atoms with van der Waals surface area (Å²) in [5.41, 5.74) is 12.7. The number of nitrogens with zero attached hydrogens (tertiary/aromatic N) is 1. The van der Waals surface area contributed by atoms with E-state index >= 15 is 0 Å². The van der Waals surface area contributed by atoms with E-state index < -0.39 is 0 Å². The summed E-state index contributed by atoms with van der Waals surface area (Å²) in [7, 11) is 0. The molecule has 0 aliphatic heterocycles. The van der Waals surface area contributed by atoms with Gasteiger partial charge < -0.3 is 5.73 Å². The molecule has 0 saturated heterocycles. The molecule has 4 aromatic carbocycles. The Morgan fingerprint density at radius 1 is 0.586 bits per heavy atom. The van der Waals surface area contributed by atoms with Crippen molar-refractivity contribution < 1.29 is 0 Å². The third kappa shape index (κ3) is 3.61. The first-order valence-corrected chi connectivity index (χ1v) is 9.39. The molecule has 4 nitrogen and oxygen atoms in total. The van der Waals surface area contributed by atoms with Crippen LogP contribution in [0.1, 0.15) is 0 Å². The van der Waals surface area contributed by atoms with Crippen molar-refractivity contribution in [2.24, 2.45) is 11.6 Å². The van der Waals surface area contributed by atoms with Gasteiger partial charge in [0.1, 0.15) is 0 Å². The zero-order valence-electron chi connectivity index (χ0n) is 15.9. The number of nitrogens with two attached hydrogens (primary N) is 2. The molecule has 0 fully saturated rings. The van der Waals surface area contributed by atoms with Crippen molar-refractivity contribution in [2.45, 2.75) is 0 Å². The van der Waals surface area contributed by atoms with E-state index in [9.17, 15) is 0 Å². The molecule has 0 bridgehead atoms. The van der Waals surface area contributed by atoms with Crippen LogP contribution in [0, 0.1) is 5.41 Å². The number of nitrogens with one attached hydrogen (secondary N) is 1. The van der Waals surface area contributed by atoms with Crippen LogP contribution in [0.15, 0.2) is 103 Å². The number of anilines is 1. The maximum Gasteiger partial charge on any atom is 0.207 e. The lowest BCUT2D eigenvalue weighted by Crippen LogP contribution is -2.42. The van der Waals surface area contributed by atoms with Gasteiger partial charge >= 0.3 is 0 Å². The van der Waals surface area contributed by atoms with Gasteiger partial charge in [-0.05, 0) is 33.9 Å². The first kappa shape index (κ1) is 18.5. The Labute approximate surface area is 170 Å². The lowest BCUT2D eigenvalue weighted by atomic mass is 9.86. The van der Waals surface area contributed by atoms with Crippen LogP contribution in [0.3, 0.4) is 0 Å². The highest BCUT2D eigenvalue weighted by Crippen LogP contribution is 2.44. The summed E-state index contributed by atoms with van der Waals surface area (Å²) in [6.07, 6.45) is 0. The fourth-order valence-electron chi connectivity index (χ4n) is 3.58. The van der Waals surface area contributed by atoms with Crippen LogP contribution in [0.25, 0.3) is 33.4 Å². The van der Waals surface area contributed by atoms with E-state index in [1.165, 1.54) is 5.01 Å². The van der Waals surface area contributed by atoms with E-state index in [2.05, 4.69) is 24.3 Å². The van der Waals surface area contributed by atoms with Gasteiger partial charge in [-0.15, -0.1) is 0 Å². The Hall–Kier alpha value is -3.89. The Morgan fingerprint density at radius 2 is 1.03 bits per heavy atom. The Kier molecular flexibility index (Phi) is 5.10. The van der Waals surface area contributed by atoms with Crippen molar-refractivity contribution in [3.63, 3.8) is 0 Å². The average molecular weight is 378 g/mol. The summed E-state index contributed by atoms with van der Waals surface area (Å²) in [5.74, 6) is 5.98. The van der Waals surface area contributed by atoms with Gasteiger partial charge in [0.15, 0.2) is 0 Å². The third-order valence-corrected chi connectivity index (χ3v) is 4.91. The highest BCUT2D eigenvalue weighted by molar-refractivity contribution is 6.04. The third-order valence-electron chi connectivity index (χ3n) is 4.91. The second kappa shape index (κ2) is 8.00. The second-order valence-corrected chi connectivity index (χ2v) is 6.74. The zero-order valence-corrected chi connectivity index (χ0v) is 15.9. The van der Waals surface area contributed by atoms with E-state index in [4.69, 9.17) is 17.0 Å². The maximum atomic E-state index is 7.87. The summed E-state index contributed by atoms with van der Waals surface area (Å²) in [6.45, 7) is 0. The van der Waals surface area contributed by atoms with E-state index in [1.54, 1.807) is 0 Å². The molecule has 0 heterocycles. The van der Waals surface area contributed by atoms with Crippen molar-refractivity contribution >= 4 is 11.6 Å². The largest absolute Gasteiger partial charge is 0.369 e. The number of benzene rings is 4. The van der Waals surface area contributed by atoms with Crippen LogP contribution in [-0.4, -0.2) is 5.96 Å². The normalized spacial score (nSPS) is 10.5. The minimum atomic E-state index is -0.214. The summed E-state index contributed by atoms with van der Waals surface area (Å²) < 4.78 is 0. The minimum absolute atomic E-state index is 0.214. The first-order valence-electron chi connectivity index (χ1n) is 9.39. The van der Waals surface area contributed by atoms with Gasteiger partial charge in [-0.2, -0.15) is 0 Å². The maximum absolute atomic E-state index is 7.87. The molecule has 5 N–H and O–H groups in total. The molecule has 0 amide bonds. The molecule has 0 aliphatic rings. The van der Waals surface area contributed by atoms with Crippen molar-refractivity contribution in [3.05, 3.63) is 103 Å². The molecule has 29 heavy (non-hydrogen) atoms. The van der Waals surface area contributed by atoms with Crippen molar-refractivity contribution in [1.29, 1.82) is 5.41 Å². The van der Waals surface area contributed by atoms with E-state index in [1.807, 2.05) is 78.9 Å². The first-order chi connectivity index (χ1) is 14.2. The minimum Gasteiger partial charge on any atom is -0.369 e. The molecule has 4 aromatic rings. The molecule has 0 aliphatic carbocycles. The molecule has 0 saturated carbocycles. The summed E-state index contributed by atoms with van der Waals surface area (Å²) in [5, 5.41) is 9.09. The lowest BCUT2D eigenvalue weighted by Gasteiger charge is -2.25. The van der Waals surface area contributed by atoms with Gasteiger partial charge in [-0.3, -0.25) is 5.41 Å². The molecule has 4 rings (SSSR count). The van der Waals surface area contributed by atoms with Crippen molar-refractivity contribution in [3.8, 4) is 33.4 Å². The number of hydrogen-bond acceptors (Lipinski definition) is 2. The molecule has 142 valence electrons. The molecule has 4 heteroatoms. The van der Waals surface area contributed by atoms with Gasteiger partial charge in [0.25, 0.3) is 0 Å². The predicted molar refractivity (Wildman–Crippen MR) is 121 cm³/mol. The van der Waals surface area contributed by atoms with Gasteiger partial charge in [0, 0.05) is 5.56 Å². The van der Waals surface area contributed by atoms with Gasteiger partial charge in [0.05, 0.1) is 5.69 Å². The van der Waals surface area contributed by atoms with Crippen LogP contribution in [0.5, 0.6) is 0 Å². The van der Waals surface area contributed by atoms with Crippen LogP contribution in [0.4, 0.5) is 5.69 Å². The lowest BCUT2D eigenvalue weighted by molar-refractivity contribution is 1.09. The number of hydrogen-bond donors (Lipinski definition) is 3. The summed E-state index contributed by atoms with van der Waals surface area (Å²) >= 11 is 0. The molecule has 0 atom stereocenters. The molecule has 0 spiro atoms. The molecular formula is C25H22N4. The molecule has 0 unspecified atom stereocenters. The fraction of sp³-hybridized carbons (Fsp3) is 0. The predicted octanol–water partition coefficient (Wildman–Crippen LogP) is 5.26. The van der Waals surface area contributed by atoms with E-state index in [0.29, 0.717) is 5.69 Å². The summed E-state index contributed by atoms with van der Waals surface area (Å²) in [4.78, 5) is 0. The van der Waals surface area contributed by atoms with Crippen molar-refractivity contribution in [1.82, 2.24) is 0 Å². The smallest absolute Gasteiger partial charge is 0.207 e. The quantitative estimate of drug-likeness (QED) is 0.196. The Balaban J connectivity index is 2.12. The van der Waals surface area contributed by atoms with Crippen LogP contribution in [-0.2, 0) is 0 Å². The molecular weight excluding hydrogens is 356 g/mol. The van der Waals surface area contributed by atoms with Gasteiger partial charge in [0.2, 0.25) is 5.96 Å². The second-order valence-electron chi connectivity index (χ2n) is 6.74. The van der Waals surface area contributed by atoms with Crippen LogP contribution >= 0.6 is 0 Å². The highest BCUT2D eigenvalue weighted by atomic mass is 15.5. The van der Waals surface area contributed by atoms with E-state index in [0.717, 1.165) is 33.4 Å². The molecule has 0 aromatic heterocycles. The van der Waals surface area contributed by atoms with E-state index in [-0.39, 0.29) is 5.96 Å². The topological polar surface area (TPSA) is 79.1 Å². The van der Waals surface area contributed by atoms with Crippen LogP contribution < -0.4 is 16.6 Å². The monoisotopic (exact) mass is 378 g/mol. The van der Waals surface area contributed by atoms with Crippen molar-refractivity contribution in [2.75, 3.05) is 5.01 Å². The molecule has 0 radical (unpaired) electrons. The van der Waals surface area contributed by atoms with Crippen LogP contribution in [0.2, 0.25) is 0 Å². The Morgan fingerprint density at radius 3 is 1.52 bits per heavy atom. The fourth-order valence-corrected chi connectivity index (χ4v) is 3.58. The van der Waals surface area contributed by atoms with Gasteiger partial charge in [-0.25, -0.2) is 10.9 Å². The standard InChI is InChI=1S/C25H22N4/c26-25(27)29(28)22-17-16-21(18-10-4-1-5-11-18)23(19-12-6-2-7-13-19)24(22)20-14-8-3-9-15-20/h1-17H,28H2,(H3,26,27).